The molecule has 0 bridgehead atoms. The molecule has 1 rings (SSSR count). The molecule has 19 heavy (non-hydrogen) atoms. The van der Waals surface area contributed by atoms with Crippen LogP contribution in [0.2, 0.25) is 15.1 Å². The van der Waals surface area contributed by atoms with Crippen LogP contribution in [0.25, 0.3) is 0 Å². The molecule has 0 radical (unpaired) electrons. The van der Waals surface area contributed by atoms with Crippen molar-refractivity contribution in [2.75, 3.05) is 11.9 Å². The van der Waals surface area contributed by atoms with Gasteiger partial charge in [-0.2, -0.15) is 0 Å². The number of nitrogens with one attached hydrogen (secondary N) is 1. The predicted octanol–water partition coefficient (Wildman–Crippen LogP) is 4.57. The van der Waals surface area contributed by atoms with E-state index in [1.165, 1.54) is 12.1 Å². The average molecular weight is 323 g/mol. The molecule has 0 aliphatic heterocycles. The van der Waals surface area contributed by atoms with E-state index >= 15 is 0 Å². The van der Waals surface area contributed by atoms with Crippen molar-refractivity contribution in [2.24, 2.45) is 0 Å². The summed E-state index contributed by atoms with van der Waals surface area (Å²) in [6.07, 6.45) is 1.82. The van der Waals surface area contributed by atoms with Crippen molar-refractivity contribution < 1.29 is 9.53 Å². The van der Waals surface area contributed by atoms with Crippen LogP contribution in [0.1, 0.15) is 13.3 Å². The van der Waals surface area contributed by atoms with Crippen LogP contribution in [0.5, 0.6) is 0 Å². The Bertz CT molecular complexity index is 477. The maximum absolute atomic E-state index is 11.9. The van der Waals surface area contributed by atoms with Gasteiger partial charge in [0.25, 0.3) is 5.91 Å². The first kappa shape index (κ1) is 16.3. The summed E-state index contributed by atoms with van der Waals surface area (Å²) in [6.45, 7) is 5.67. The standard InChI is InChI=1S/C13H14Cl3NO2/c1-3-4-5-19-8(2)13(18)17-12-7-10(15)9(14)6-11(12)16/h3,6-8H,1,4-5H2,2H3,(H,17,18). The maximum atomic E-state index is 11.9. The summed E-state index contributed by atoms with van der Waals surface area (Å²) >= 11 is 17.6. The monoisotopic (exact) mass is 321 g/mol. The summed E-state index contributed by atoms with van der Waals surface area (Å²) in [4.78, 5) is 11.9. The Labute approximate surface area is 127 Å². The molecule has 1 aromatic rings. The number of hydrogen-bond acceptors (Lipinski definition) is 2. The van der Waals surface area contributed by atoms with Crippen molar-refractivity contribution in [2.45, 2.75) is 19.4 Å². The highest BCUT2D eigenvalue weighted by atomic mass is 35.5. The highest BCUT2D eigenvalue weighted by Gasteiger charge is 2.15. The number of halogens is 3. The molecule has 1 amide bonds. The van der Waals surface area contributed by atoms with E-state index < -0.39 is 6.10 Å². The van der Waals surface area contributed by atoms with Crippen LogP contribution in [0, 0.1) is 0 Å². The van der Waals surface area contributed by atoms with Crippen molar-refractivity contribution >= 4 is 46.4 Å². The van der Waals surface area contributed by atoms with Crippen LogP contribution in [0.4, 0.5) is 5.69 Å². The predicted molar refractivity (Wildman–Crippen MR) is 80.3 cm³/mol. The second-order valence-corrected chi connectivity index (χ2v) is 5.05. The van der Waals surface area contributed by atoms with Crippen LogP contribution in [-0.4, -0.2) is 18.6 Å². The van der Waals surface area contributed by atoms with Crippen molar-refractivity contribution in [1.82, 2.24) is 0 Å². The number of benzene rings is 1. The van der Waals surface area contributed by atoms with Crippen LogP contribution in [0.3, 0.4) is 0 Å². The third-order valence-electron chi connectivity index (χ3n) is 2.33. The zero-order valence-electron chi connectivity index (χ0n) is 10.4. The normalized spacial score (nSPS) is 12.0. The van der Waals surface area contributed by atoms with Gasteiger partial charge in [-0.3, -0.25) is 4.79 Å². The highest BCUT2D eigenvalue weighted by Crippen LogP contribution is 2.32. The summed E-state index contributed by atoms with van der Waals surface area (Å²) in [5.41, 5.74) is 0.403. The lowest BCUT2D eigenvalue weighted by molar-refractivity contribution is -0.126. The van der Waals surface area contributed by atoms with Gasteiger partial charge in [-0.25, -0.2) is 0 Å². The van der Waals surface area contributed by atoms with Gasteiger partial charge < -0.3 is 10.1 Å². The summed E-state index contributed by atoms with van der Waals surface area (Å²) < 4.78 is 5.32. The van der Waals surface area contributed by atoms with Crippen molar-refractivity contribution in [3.8, 4) is 0 Å². The Hall–Kier alpha value is -0.740. The number of carbonyl (C=O) groups is 1. The van der Waals surface area contributed by atoms with Gasteiger partial charge in [0.1, 0.15) is 6.10 Å². The Morgan fingerprint density at radius 3 is 2.63 bits per heavy atom. The zero-order chi connectivity index (χ0) is 14.4. The van der Waals surface area contributed by atoms with E-state index in [-0.39, 0.29) is 5.91 Å². The minimum Gasteiger partial charge on any atom is -0.368 e. The fraction of sp³-hybridized carbons (Fsp3) is 0.308. The molecular formula is C13H14Cl3NO2. The van der Waals surface area contributed by atoms with E-state index in [2.05, 4.69) is 11.9 Å². The van der Waals surface area contributed by atoms with Crippen LogP contribution < -0.4 is 5.32 Å². The van der Waals surface area contributed by atoms with Gasteiger partial charge in [0.15, 0.2) is 0 Å². The zero-order valence-corrected chi connectivity index (χ0v) is 12.6. The third-order valence-corrected chi connectivity index (χ3v) is 3.36. The Balaban J connectivity index is 2.66. The Kier molecular flexibility index (Phi) is 6.66. The largest absolute Gasteiger partial charge is 0.368 e. The number of anilines is 1. The first-order valence-electron chi connectivity index (χ1n) is 5.63. The Morgan fingerprint density at radius 1 is 1.37 bits per heavy atom. The quantitative estimate of drug-likeness (QED) is 0.473. The minimum atomic E-state index is -0.592. The van der Waals surface area contributed by atoms with Crippen molar-refractivity contribution in [3.05, 3.63) is 39.9 Å². The number of ether oxygens (including phenoxy) is 1. The highest BCUT2D eigenvalue weighted by molar-refractivity contribution is 6.44. The summed E-state index contributed by atoms with van der Waals surface area (Å²) in [6, 6.07) is 2.98. The van der Waals surface area contributed by atoms with E-state index in [1.807, 2.05) is 0 Å². The lowest BCUT2D eigenvalue weighted by atomic mass is 10.3. The van der Waals surface area contributed by atoms with E-state index in [9.17, 15) is 4.79 Å². The smallest absolute Gasteiger partial charge is 0.253 e. The molecule has 104 valence electrons. The van der Waals surface area contributed by atoms with Gasteiger partial charge in [-0.1, -0.05) is 40.9 Å². The van der Waals surface area contributed by atoms with E-state index in [1.54, 1.807) is 13.0 Å². The number of amides is 1. The summed E-state index contributed by atoms with van der Waals surface area (Å²) in [5, 5.41) is 3.61. The van der Waals surface area contributed by atoms with Crippen LogP contribution in [0.15, 0.2) is 24.8 Å². The molecule has 0 spiro atoms. The van der Waals surface area contributed by atoms with Gasteiger partial charge >= 0.3 is 0 Å². The lowest BCUT2D eigenvalue weighted by Gasteiger charge is -2.14. The van der Waals surface area contributed by atoms with Gasteiger partial charge in [0.05, 0.1) is 27.4 Å². The van der Waals surface area contributed by atoms with Crippen molar-refractivity contribution in [3.63, 3.8) is 0 Å². The average Bonchev–Trinajstić information content (AvgIpc) is 2.36. The van der Waals surface area contributed by atoms with E-state index in [4.69, 9.17) is 39.5 Å². The summed E-state index contributed by atoms with van der Waals surface area (Å²) in [7, 11) is 0. The molecule has 0 saturated heterocycles. The second-order valence-electron chi connectivity index (χ2n) is 3.83. The topological polar surface area (TPSA) is 38.3 Å². The molecular weight excluding hydrogens is 309 g/mol. The molecule has 0 aliphatic rings. The SMILES string of the molecule is C=CCCOC(C)C(=O)Nc1cc(Cl)c(Cl)cc1Cl. The fourth-order valence-electron chi connectivity index (χ4n) is 1.26. The van der Waals surface area contributed by atoms with Gasteiger partial charge in [-0.05, 0) is 25.5 Å². The first-order chi connectivity index (χ1) is 8.95. The van der Waals surface area contributed by atoms with Gasteiger partial charge in [0.2, 0.25) is 0 Å². The molecule has 1 N–H and O–H groups in total. The molecule has 0 heterocycles. The number of carbonyl (C=O) groups excluding carboxylic acids is 1. The fourth-order valence-corrected chi connectivity index (χ4v) is 1.85. The van der Waals surface area contributed by atoms with Gasteiger partial charge in [0, 0.05) is 0 Å². The third kappa shape index (κ3) is 5.03. The van der Waals surface area contributed by atoms with Gasteiger partial charge in [-0.15, -0.1) is 6.58 Å². The van der Waals surface area contributed by atoms with Crippen LogP contribution in [-0.2, 0) is 9.53 Å². The Morgan fingerprint density at radius 2 is 2.00 bits per heavy atom. The molecule has 3 nitrogen and oxygen atoms in total. The molecule has 0 aromatic heterocycles. The lowest BCUT2D eigenvalue weighted by Crippen LogP contribution is -2.28. The van der Waals surface area contributed by atoms with Crippen molar-refractivity contribution in [1.29, 1.82) is 0 Å². The molecule has 0 aliphatic carbocycles. The number of rotatable bonds is 6. The minimum absolute atomic E-state index is 0.302. The van der Waals surface area contributed by atoms with Crippen LogP contribution >= 0.6 is 34.8 Å². The summed E-state index contributed by atoms with van der Waals surface area (Å²) in [5.74, 6) is -0.302. The second kappa shape index (κ2) is 7.75. The molecule has 1 unspecified atom stereocenters. The molecule has 0 saturated carbocycles. The molecule has 6 heteroatoms. The number of hydrogen-bond donors (Lipinski definition) is 1. The molecule has 0 fully saturated rings. The molecule has 1 aromatic carbocycles. The maximum Gasteiger partial charge on any atom is 0.253 e. The molecule has 1 atom stereocenters. The first-order valence-corrected chi connectivity index (χ1v) is 6.77. The van der Waals surface area contributed by atoms with E-state index in [0.717, 1.165) is 0 Å². The van der Waals surface area contributed by atoms with E-state index in [0.29, 0.717) is 33.8 Å².